The number of unbranched alkanes of at least 4 members (excludes halogenated alkanes) is 2. The maximum Gasteiger partial charge on any atom is 0.222 e. The lowest BCUT2D eigenvalue weighted by Crippen LogP contribution is -2.38. The molecule has 0 bridgehead atoms. The standard InChI is InChI=1S/C14H24N4O/c15-7-3-1-2-4-13(19)18-10-5-12(6-11-18)14-16-8-9-17-14/h8-9,12H,1-7,10-11,15H2,(H,16,17). The van der Waals surface area contributed by atoms with Crippen LogP contribution < -0.4 is 5.73 Å². The number of likely N-dealkylation sites (tertiary alicyclic amines) is 1. The summed E-state index contributed by atoms with van der Waals surface area (Å²) in [5.74, 6) is 1.85. The van der Waals surface area contributed by atoms with Gasteiger partial charge in [-0.15, -0.1) is 0 Å². The van der Waals surface area contributed by atoms with Gasteiger partial charge in [0, 0.05) is 37.8 Å². The number of carbonyl (C=O) groups excluding carboxylic acids is 1. The predicted molar refractivity (Wildman–Crippen MR) is 74.7 cm³/mol. The Morgan fingerprint density at radius 3 is 2.79 bits per heavy atom. The van der Waals surface area contributed by atoms with Gasteiger partial charge >= 0.3 is 0 Å². The van der Waals surface area contributed by atoms with Crippen molar-refractivity contribution in [2.24, 2.45) is 5.73 Å². The zero-order chi connectivity index (χ0) is 13.5. The lowest BCUT2D eigenvalue weighted by molar-refractivity contribution is -0.132. The van der Waals surface area contributed by atoms with Crippen LogP contribution in [0.3, 0.4) is 0 Å². The number of nitrogens with one attached hydrogen (secondary N) is 1. The molecule has 1 aromatic rings. The first kappa shape index (κ1) is 14.1. The van der Waals surface area contributed by atoms with Crippen LogP contribution in [-0.4, -0.2) is 40.4 Å². The van der Waals surface area contributed by atoms with E-state index in [-0.39, 0.29) is 0 Å². The van der Waals surface area contributed by atoms with E-state index in [1.807, 2.05) is 11.1 Å². The van der Waals surface area contributed by atoms with Gasteiger partial charge in [0.2, 0.25) is 5.91 Å². The quantitative estimate of drug-likeness (QED) is 0.767. The molecule has 5 heteroatoms. The molecule has 0 radical (unpaired) electrons. The summed E-state index contributed by atoms with van der Waals surface area (Å²) < 4.78 is 0. The van der Waals surface area contributed by atoms with Gasteiger partial charge < -0.3 is 15.6 Å². The summed E-state index contributed by atoms with van der Waals surface area (Å²) in [4.78, 5) is 21.5. The highest BCUT2D eigenvalue weighted by Gasteiger charge is 2.24. The van der Waals surface area contributed by atoms with Gasteiger partial charge in [0.15, 0.2) is 0 Å². The van der Waals surface area contributed by atoms with Gasteiger partial charge in [-0.05, 0) is 32.2 Å². The number of aromatic amines is 1. The second-order valence-electron chi connectivity index (χ2n) is 5.23. The third-order valence-corrected chi connectivity index (χ3v) is 3.85. The second kappa shape index (κ2) is 7.28. The third-order valence-electron chi connectivity index (χ3n) is 3.85. The Kier molecular flexibility index (Phi) is 5.39. The summed E-state index contributed by atoms with van der Waals surface area (Å²) in [6.07, 6.45) is 9.41. The van der Waals surface area contributed by atoms with Gasteiger partial charge in [-0.2, -0.15) is 0 Å². The van der Waals surface area contributed by atoms with Crippen molar-refractivity contribution in [1.82, 2.24) is 14.9 Å². The molecule has 0 spiro atoms. The van der Waals surface area contributed by atoms with Crippen LogP contribution in [0.2, 0.25) is 0 Å². The number of imidazole rings is 1. The highest BCUT2D eigenvalue weighted by molar-refractivity contribution is 5.76. The molecule has 2 rings (SSSR count). The summed E-state index contributed by atoms with van der Waals surface area (Å²) in [6, 6.07) is 0. The molecule has 0 aliphatic carbocycles. The molecule has 0 saturated carbocycles. The van der Waals surface area contributed by atoms with Crippen molar-refractivity contribution >= 4 is 5.91 Å². The molecule has 0 unspecified atom stereocenters. The molecule has 5 nitrogen and oxygen atoms in total. The average Bonchev–Trinajstić information content (AvgIpc) is 2.98. The number of carbonyl (C=O) groups is 1. The monoisotopic (exact) mass is 264 g/mol. The fraction of sp³-hybridized carbons (Fsp3) is 0.714. The van der Waals surface area contributed by atoms with Gasteiger partial charge in [0.25, 0.3) is 0 Å². The van der Waals surface area contributed by atoms with Crippen LogP contribution in [-0.2, 0) is 4.79 Å². The van der Waals surface area contributed by atoms with Crippen LogP contribution in [0.4, 0.5) is 0 Å². The highest BCUT2D eigenvalue weighted by Crippen LogP contribution is 2.25. The number of amides is 1. The summed E-state index contributed by atoms with van der Waals surface area (Å²) >= 11 is 0. The van der Waals surface area contributed by atoms with Crippen molar-refractivity contribution in [3.05, 3.63) is 18.2 Å². The first-order valence-electron chi connectivity index (χ1n) is 7.28. The van der Waals surface area contributed by atoms with E-state index in [2.05, 4.69) is 9.97 Å². The van der Waals surface area contributed by atoms with Crippen molar-refractivity contribution in [2.75, 3.05) is 19.6 Å². The van der Waals surface area contributed by atoms with E-state index in [4.69, 9.17) is 5.73 Å². The van der Waals surface area contributed by atoms with Crippen LogP contribution in [0.1, 0.15) is 50.3 Å². The molecule has 1 saturated heterocycles. The maximum atomic E-state index is 12.0. The van der Waals surface area contributed by atoms with Crippen LogP contribution in [0, 0.1) is 0 Å². The van der Waals surface area contributed by atoms with Crippen LogP contribution in [0.5, 0.6) is 0 Å². The largest absolute Gasteiger partial charge is 0.348 e. The summed E-state index contributed by atoms with van der Waals surface area (Å²) in [5, 5.41) is 0. The maximum absolute atomic E-state index is 12.0. The third kappa shape index (κ3) is 4.06. The number of nitrogens with two attached hydrogens (primary N) is 1. The Bertz CT molecular complexity index is 369. The molecule has 1 aliphatic heterocycles. The van der Waals surface area contributed by atoms with Crippen LogP contribution in [0.15, 0.2) is 12.4 Å². The molecule has 3 N–H and O–H groups in total. The number of nitrogens with zero attached hydrogens (tertiary/aromatic N) is 2. The van der Waals surface area contributed by atoms with Gasteiger partial charge in [-0.1, -0.05) is 6.42 Å². The molecule has 1 aliphatic rings. The van der Waals surface area contributed by atoms with Crippen molar-refractivity contribution < 1.29 is 4.79 Å². The van der Waals surface area contributed by atoms with Crippen LogP contribution >= 0.6 is 0 Å². The van der Waals surface area contributed by atoms with Gasteiger partial charge in [0.05, 0.1) is 0 Å². The van der Waals surface area contributed by atoms with Crippen LogP contribution in [0.25, 0.3) is 0 Å². The van der Waals surface area contributed by atoms with Gasteiger partial charge in [-0.25, -0.2) is 4.98 Å². The van der Waals surface area contributed by atoms with E-state index in [0.29, 0.717) is 18.2 Å². The number of hydrogen-bond acceptors (Lipinski definition) is 3. The Balaban J connectivity index is 1.69. The minimum atomic E-state index is 0.301. The van der Waals surface area contributed by atoms with Gasteiger partial charge in [-0.3, -0.25) is 4.79 Å². The minimum Gasteiger partial charge on any atom is -0.348 e. The lowest BCUT2D eigenvalue weighted by Gasteiger charge is -2.31. The van der Waals surface area contributed by atoms with E-state index in [1.54, 1.807) is 6.20 Å². The summed E-state index contributed by atoms with van der Waals surface area (Å²) in [6.45, 7) is 2.45. The fourth-order valence-electron chi connectivity index (χ4n) is 2.66. The molecule has 0 atom stereocenters. The predicted octanol–water partition coefficient (Wildman–Crippen LogP) is 1.63. The molecule has 1 amide bonds. The molecular formula is C14H24N4O. The SMILES string of the molecule is NCCCCCC(=O)N1CCC(c2ncc[nH]2)CC1. The topological polar surface area (TPSA) is 75.0 Å². The van der Waals surface area contributed by atoms with E-state index in [1.165, 1.54) is 0 Å². The number of piperidine rings is 1. The number of H-pyrrole nitrogens is 1. The average molecular weight is 264 g/mol. The molecule has 1 fully saturated rings. The fourth-order valence-corrected chi connectivity index (χ4v) is 2.66. The number of hydrogen-bond donors (Lipinski definition) is 2. The molecule has 106 valence electrons. The van der Waals surface area contributed by atoms with E-state index < -0.39 is 0 Å². The van der Waals surface area contributed by atoms with Crippen molar-refractivity contribution in [1.29, 1.82) is 0 Å². The van der Waals surface area contributed by atoms with Crippen molar-refractivity contribution in [2.45, 2.75) is 44.4 Å². The van der Waals surface area contributed by atoms with Crippen molar-refractivity contribution in [3.8, 4) is 0 Å². The molecular weight excluding hydrogens is 240 g/mol. The second-order valence-corrected chi connectivity index (χ2v) is 5.23. The van der Waals surface area contributed by atoms with E-state index in [9.17, 15) is 4.79 Å². The summed E-state index contributed by atoms with van der Waals surface area (Å²) in [5.41, 5.74) is 5.45. The molecule has 1 aromatic heterocycles. The summed E-state index contributed by atoms with van der Waals surface area (Å²) in [7, 11) is 0. The van der Waals surface area contributed by atoms with Crippen molar-refractivity contribution in [3.63, 3.8) is 0 Å². The Morgan fingerprint density at radius 1 is 1.37 bits per heavy atom. The zero-order valence-corrected chi connectivity index (χ0v) is 11.5. The van der Waals surface area contributed by atoms with E-state index in [0.717, 1.165) is 57.6 Å². The lowest BCUT2D eigenvalue weighted by atomic mass is 9.96. The number of rotatable bonds is 6. The van der Waals surface area contributed by atoms with Gasteiger partial charge in [0.1, 0.15) is 5.82 Å². The first-order chi connectivity index (χ1) is 9.31. The zero-order valence-electron chi connectivity index (χ0n) is 11.5. The Morgan fingerprint density at radius 2 is 2.16 bits per heavy atom. The normalized spacial score (nSPS) is 16.8. The minimum absolute atomic E-state index is 0.301. The molecule has 0 aromatic carbocycles. The Hall–Kier alpha value is -1.36. The first-order valence-corrected chi connectivity index (χ1v) is 7.28. The number of aromatic nitrogens is 2. The molecule has 19 heavy (non-hydrogen) atoms. The smallest absolute Gasteiger partial charge is 0.222 e. The Labute approximate surface area is 114 Å². The molecule has 2 heterocycles. The van der Waals surface area contributed by atoms with E-state index >= 15 is 0 Å². The highest BCUT2D eigenvalue weighted by atomic mass is 16.2.